The van der Waals surface area contributed by atoms with Crippen LogP contribution in [0.3, 0.4) is 0 Å². The number of hydrogen-bond donors (Lipinski definition) is 2. The summed E-state index contributed by atoms with van der Waals surface area (Å²) in [5, 5.41) is 9.81. The van der Waals surface area contributed by atoms with Gasteiger partial charge in [-0.05, 0) is 26.0 Å². The molecule has 0 amide bonds. The van der Waals surface area contributed by atoms with Gasteiger partial charge in [0.15, 0.2) is 0 Å². The number of benzene rings is 1. The van der Waals surface area contributed by atoms with Crippen LogP contribution in [-0.4, -0.2) is 16.1 Å². The molecule has 0 unspecified atom stereocenters. The molecule has 2 N–H and O–H groups in total. The molecular formula is C11H11NO2. The quantitative estimate of drug-likeness (QED) is 0.724. The molecule has 2 rings (SSSR count). The van der Waals surface area contributed by atoms with Gasteiger partial charge in [-0.15, -0.1) is 0 Å². The van der Waals surface area contributed by atoms with Gasteiger partial charge in [0, 0.05) is 16.6 Å². The summed E-state index contributed by atoms with van der Waals surface area (Å²) >= 11 is 0. The topological polar surface area (TPSA) is 53.1 Å². The van der Waals surface area contributed by atoms with Gasteiger partial charge in [0.25, 0.3) is 0 Å². The minimum Gasteiger partial charge on any atom is -0.478 e. The van der Waals surface area contributed by atoms with Crippen molar-refractivity contribution >= 4 is 16.9 Å². The third kappa shape index (κ3) is 1.18. The predicted molar refractivity (Wildman–Crippen MR) is 54.7 cm³/mol. The largest absolute Gasteiger partial charge is 0.478 e. The second kappa shape index (κ2) is 2.87. The number of carboxylic acid groups (broad SMARTS) is 1. The first-order valence-corrected chi connectivity index (χ1v) is 4.42. The number of aryl methyl sites for hydroxylation is 2. The van der Waals surface area contributed by atoms with Gasteiger partial charge >= 0.3 is 5.97 Å². The molecule has 0 aliphatic heterocycles. The van der Waals surface area contributed by atoms with Crippen LogP contribution < -0.4 is 0 Å². The number of aromatic carboxylic acids is 1. The van der Waals surface area contributed by atoms with Gasteiger partial charge < -0.3 is 10.1 Å². The highest BCUT2D eigenvalue weighted by Gasteiger charge is 2.14. The standard InChI is InChI=1S/C11H11NO2/c1-6-3-4-9-8(5-6)10(11(13)14)7(2)12-9/h3-5,12H,1-2H3,(H,13,14). The summed E-state index contributed by atoms with van der Waals surface area (Å²) in [4.78, 5) is 14.0. The van der Waals surface area contributed by atoms with Gasteiger partial charge in [0.05, 0.1) is 5.56 Å². The Kier molecular flexibility index (Phi) is 1.81. The van der Waals surface area contributed by atoms with Crippen LogP contribution in [-0.2, 0) is 0 Å². The zero-order valence-electron chi connectivity index (χ0n) is 8.09. The molecule has 14 heavy (non-hydrogen) atoms. The molecule has 0 spiro atoms. The Balaban J connectivity index is 2.86. The average Bonchev–Trinajstić information content (AvgIpc) is 2.40. The third-order valence-corrected chi connectivity index (χ3v) is 2.36. The Morgan fingerprint density at radius 1 is 1.36 bits per heavy atom. The van der Waals surface area contributed by atoms with E-state index in [1.54, 1.807) is 6.92 Å². The van der Waals surface area contributed by atoms with Gasteiger partial charge in [0.1, 0.15) is 0 Å². The van der Waals surface area contributed by atoms with E-state index in [9.17, 15) is 4.79 Å². The lowest BCUT2D eigenvalue weighted by Gasteiger charge is -1.94. The fourth-order valence-electron chi connectivity index (χ4n) is 1.72. The second-order valence-corrected chi connectivity index (χ2v) is 3.48. The Morgan fingerprint density at radius 2 is 2.07 bits per heavy atom. The van der Waals surface area contributed by atoms with Crippen molar-refractivity contribution < 1.29 is 9.90 Å². The highest BCUT2D eigenvalue weighted by Crippen LogP contribution is 2.22. The van der Waals surface area contributed by atoms with E-state index in [4.69, 9.17) is 5.11 Å². The highest BCUT2D eigenvalue weighted by atomic mass is 16.4. The lowest BCUT2D eigenvalue weighted by Crippen LogP contribution is -1.96. The first-order valence-electron chi connectivity index (χ1n) is 4.42. The van der Waals surface area contributed by atoms with Crippen LogP contribution in [0.5, 0.6) is 0 Å². The summed E-state index contributed by atoms with van der Waals surface area (Å²) in [6.45, 7) is 3.73. The molecule has 0 atom stereocenters. The van der Waals surface area contributed by atoms with E-state index in [1.807, 2.05) is 25.1 Å². The van der Waals surface area contributed by atoms with E-state index in [0.29, 0.717) is 11.3 Å². The predicted octanol–water partition coefficient (Wildman–Crippen LogP) is 2.48. The molecule has 0 saturated heterocycles. The minimum atomic E-state index is -0.876. The normalized spacial score (nSPS) is 10.7. The average molecular weight is 189 g/mol. The molecule has 1 aromatic heterocycles. The van der Waals surface area contributed by atoms with Crippen LogP contribution in [0, 0.1) is 13.8 Å². The first kappa shape index (κ1) is 8.81. The molecule has 72 valence electrons. The third-order valence-electron chi connectivity index (χ3n) is 2.36. The minimum absolute atomic E-state index is 0.378. The lowest BCUT2D eigenvalue weighted by molar-refractivity contribution is 0.0698. The molecule has 0 aliphatic rings. The van der Waals surface area contributed by atoms with E-state index in [-0.39, 0.29) is 0 Å². The summed E-state index contributed by atoms with van der Waals surface area (Å²) in [5.74, 6) is -0.876. The van der Waals surface area contributed by atoms with Gasteiger partial charge in [-0.2, -0.15) is 0 Å². The number of carbonyl (C=O) groups is 1. The number of H-pyrrole nitrogens is 1. The zero-order valence-corrected chi connectivity index (χ0v) is 8.09. The van der Waals surface area contributed by atoms with E-state index >= 15 is 0 Å². The van der Waals surface area contributed by atoms with E-state index in [1.165, 1.54) is 0 Å². The smallest absolute Gasteiger partial charge is 0.338 e. The fourth-order valence-corrected chi connectivity index (χ4v) is 1.72. The summed E-state index contributed by atoms with van der Waals surface area (Å²) < 4.78 is 0. The maximum Gasteiger partial charge on any atom is 0.338 e. The van der Waals surface area contributed by atoms with Crippen molar-refractivity contribution in [1.29, 1.82) is 0 Å². The molecule has 1 aromatic carbocycles. The van der Waals surface area contributed by atoms with E-state index in [0.717, 1.165) is 16.5 Å². The Hall–Kier alpha value is -1.77. The summed E-state index contributed by atoms with van der Waals surface area (Å²) in [6, 6.07) is 5.76. The van der Waals surface area contributed by atoms with Crippen LogP contribution >= 0.6 is 0 Å². The summed E-state index contributed by atoms with van der Waals surface area (Å²) in [5.41, 5.74) is 3.03. The van der Waals surface area contributed by atoms with Crippen molar-refractivity contribution in [3.63, 3.8) is 0 Å². The number of hydrogen-bond acceptors (Lipinski definition) is 1. The number of aromatic nitrogens is 1. The molecule has 3 nitrogen and oxygen atoms in total. The van der Waals surface area contributed by atoms with E-state index < -0.39 is 5.97 Å². The van der Waals surface area contributed by atoms with Crippen molar-refractivity contribution in [2.45, 2.75) is 13.8 Å². The molecule has 0 saturated carbocycles. The van der Waals surface area contributed by atoms with Crippen LogP contribution in [0.4, 0.5) is 0 Å². The van der Waals surface area contributed by atoms with E-state index in [2.05, 4.69) is 4.98 Å². The van der Waals surface area contributed by atoms with Crippen molar-refractivity contribution in [3.05, 3.63) is 35.0 Å². The van der Waals surface area contributed by atoms with Gasteiger partial charge in [-0.25, -0.2) is 4.79 Å². The molecule has 2 aromatic rings. The Morgan fingerprint density at radius 3 is 2.71 bits per heavy atom. The molecule has 0 radical (unpaired) electrons. The Labute approximate surface area is 81.4 Å². The molecule has 0 fully saturated rings. The second-order valence-electron chi connectivity index (χ2n) is 3.48. The van der Waals surface area contributed by atoms with Crippen LogP contribution in [0.2, 0.25) is 0 Å². The van der Waals surface area contributed by atoms with Gasteiger partial charge in [-0.3, -0.25) is 0 Å². The summed E-state index contributed by atoms with van der Waals surface area (Å²) in [7, 11) is 0. The number of carboxylic acids is 1. The van der Waals surface area contributed by atoms with Gasteiger partial charge in [0.2, 0.25) is 0 Å². The number of nitrogens with one attached hydrogen (secondary N) is 1. The Bertz CT molecular complexity index is 511. The fraction of sp³-hybridized carbons (Fsp3) is 0.182. The maximum absolute atomic E-state index is 11.0. The van der Waals surface area contributed by atoms with Crippen LogP contribution in [0.1, 0.15) is 21.6 Å². The first-order chi connectivity index (χ1) is 6.59. The van der Waals surface area contributed by atoms with Crippen LogP contribution in [0.15, 0.2) is 18.2 Å². The summed E-state index contributed by atoms with van der Waals surface area (Å²) in [6.07, 6.45) is 0. The van der Waals surface area contributed by atoms with Crippen molar-refractivity contribution in [3.8, 4) is 0 Å². The molecular weight excluding hydrogens is 178 g/mol. The zero-order chi connectivity index (χ0) is 10.3. The monoisotopic (exact) mass is 189 g/mol. The molecule has 3 heteroatoms. The molecule has 1 heterocycles. The highest BCUT2D eigenvalue weighted by molar-refractivity contribution is 6.04. The lowest BCUT2D eigenvalue weighted by atomic mass is 10.1. The molecule has 0 aliphatic carbocycles. The number of rotatable bonds is 1. The van der Waals surface area contributed by atoms with Gasteiger partial charge in [-0.1, -0.05) is 11.6 Å². The van der Waals surface area contributed by atoms with Crippen LogP contribution in [0.25, 0.3) is 10.9 Å². The van der Waals surface area contributed by atoms with Crippen molar-refractivity contribution in [2.75, 3.05) is 0 Å². The molecule has 0 bridgehead atoms. The SMILES string of the molecule is Cc1ccc2[nH]c(C)c(C(=O)O)c2c1. The maximum atomic E-state index is 11.0. The number of aromatic amines is 1. The van der Waals surface area contributed by atoms with Crippen molar-refractivity contribution in [1.82, 2.24) is 4.98 Å². The number of fused-ring (bicyclic) bond motifs is 1. The van der Waals surface area contributed by atoms with Crippen molar-refractivity contribution in [2.24, 2.45) is 0 Å².